The van der Waals surface area contributed by atoms with Crippen LogP contribution in [0.5, 0.6) is 11.5 Å². The monoisotopic (exact) mass is 1030 g/mol. The van der Waals surface area contributed by atoms with E-state index in [1.807, 2.05) is 24.4 Å². The van der Waals surface area contributed by atoms with Crippen LogP contribution in [-0.2, 0) is 21.1 Å². The van der Waals surface area contributed by atoms with Crippen LogP contribution < -0.4 is 13.5 Å². The van der Waals surface area contributed by atoms with Crippen molar-refractivity contribution in [3.8, 4) is 50.9 Å². The molecule has 0 aliphatic heterocycles. The first-order chi connectivity index (χ1) is 30.0. The molecule has 0 bridgehead atoms. The molecule has 0 radical (unpaired) electrons. The average molecular weight is 1030 g/mol. The van der Waals surface area contributed by atoms with E-state index in [4.69, 9.17) is 9.72 Å². The first kappa shape index (κ1) is 42.0. The van der Waals surface area contributed by atoms with E-state index < -0.39 is 16.5 Å². The van der Waals surface area contributed by atoms with Crippen LogP contribution in [0.3, 0.4) is 0 Å². The average Bonchev–Trinajstić information content (AvgIpc) is 3.82. The van der Waals surface area contributed by atoms with Gasteiger partial charge in [-0.15, -0.1) is 29.7 Å². The van der Waals surface area contributed by atoms with Crippen molar-refractivity contribution in [2.24, 2.45) is 0 Å². The minimum Gasteiger partial charge on any atom is -0.510 e. The molecule has 0 atom stereocenters. The van der Waals surface area contributed by atoms with Gasteiger partial charge in [0.25, 0.3) is 6.33 Å². The number of anilines is 1. The molecular formula is C54H47N5OPtSi2-2. The van der Waals surface area contributed by atoms with Gasteiger partial charge in [0.1, 0.15) is 22.3 Å². The molecular weight excluding hydrogens is 986 g/mol. The molecule has 0 aliphatic rings. The maximum atomic E-state index is 6.67. The zero-order valence-electron chi connectivity index (χ0n) is 36.2. The second kappa shape index (κ2) is 16.8. The fourth-order valence-electron chi connectivity index (χ4n) is 9.26. The largest absolute Gasteiger partial charge is 0.510 e. The minimum atomic E-state index is -1.70. The zero-order valence-corrected chi connectivity index (χ0v) is 40.5. The molecule has 314 valence electrons. The molecule has 10 rings (SSSR count). The van der Waals surface area contributed by atoms with E-state index in [9.17, 15) is 0 Å². The molecule has 0 unspecified atom stereocenters. The minimum absolute atomic E-state index is 0. The van der Waals surface area contributed by atoms with Crippen LogP contribution in [0.4, 0.5) is 5.69 Å². The second-order valence-corrected chi connectivity index (χ2v) is 27.7. The molecule has 0 amide bonds. The topological polar surface area (TPSA) is 39.1 Å². The van der Waals surface area contributed by atoms with Gasteiger partial charge in [0.05, 0.1) is 16.7 Å². The smallest absolute Gasteiger partial charge is 0.268 e. The third-order valence-electron chi connectivity index (χ3n) is 11.3. The number of benzene rings is 7. The van der Waals surface area contributed by atoms with Crippen LogP contribution in [0.15, 0.2) is 176 Å². The van der Waals surface area contributed by atoms with Gasteiger partial charge in [0.2, 0.25) is 0 Å². The number of rotatable bonds is 10. The summed E-state index contributed by atoms with van der Waals surface area (Å²) in [5, 5.41) is 2.24. The van der Waals surface area contributed by atoms with Crippen molar-refractivity contribution < 1.29 is 30.4 Å². The van der Waals surface area contributed by atoms with E-state index >= 15 is 0 Å². The number of imidazole rings is 1. The van der Waals surface area contributed by atoms with Crippen LogP contribution in [0.1, 0.15) is 0 Å². The van der Waals surface area contributed by atoms with Gasteiger partial charge < -0.3 is 18.1 Å². The normalized spacial score (nSPS) is 11.8. The van der Waals surface area contributed by atoms with Gasteiger partial charge in [-0.25, -0.2) is 4.98 Å². The van der Waals surface area contributed by atoms with E-state index in [1.165, 1.54) is 5.69 Å². The third kappa shape index (κ3) is 7.88. The first-order valence-corrected chi connectivity index (χ1v) is 28.0. The van der Waals surface area contributed by atoms with E-state index in [0.717, 1.165) is 72.3 Å². The SMILES string of the molecule is C[Si](C)(C)N(c1ccnc(-n2c3[c-]c(Oc4[c-]c(-n5[c-][n+](-c6c(-c7ccccc7)cccc6-c6ccccc6)c6ccccc65)ccc4)ccc3c3ccccc32)c1)[Si](C)(C)C.[Pt]. The van der Waals surface area contributed by atoms with Crippen molar-refractivity contribution in [2.75, 3.05) is 4.23 Å². The van der Waals surface area contributed by atoms with Crippen molar-refractivity contribution in [2.45, 2.75) is 39.3 Å². The van der Waals surface area contributed by atoms with Crippen molar-refractivity contribution in [3.63, 3.8) is 0 Å². The van der Waals surface area contributed by atoms with Gasteiger partial charge in [0, 0.05) is 56.0 Å². The summed E-state index contributed by atoms with van der Waals surface area (Å²) in [6.07, 6.45) is 5.71. The molecule has 10 aromatic rings. The van der Waals surface area contributed by atoms with Gasteiger partial charge in [0.15, 0.2) is 0 Å². The van der Waals surface area contributed by atoms with Crippen molar-refractivity contribution in [3.05, 3.63) is 195 Å². The quantitative estimate of drug-likeness (QED) is 0.0778. The number of pyridine rings is 1. The number of hydrogen-bond donors (Lipinski definition) is 0. The fourth-order valence-corrected chi connectivity index (χ4v) is 19.1. The Balaban J connectivity index is 0.00000504. The number of para-hydroxylation sites is 4. The maximum absolute atomic E-state index is 6.67. The summed E-state index contributed by atoms with van der Waals surface area (Å²) in [4.78, 5) is 4.97. The predicted molar refractivity (Wildman–Crippen MR) is 260 cm³/mol. The molecule has 0 N–H and O–H groups in total. The Morgan fingerprint density at radius 2 is 1.17 bits per heavy atom. The molecule has 0 saturated carbocycles. The Kier molecular flexibility index (Phi) is 11.2. The van der Waals surface area contributed by atoms with Crippen LogP contribution in [0, 0.1) is 18.5 Å². The van der Waals surface area contributed by atoms with E-state index in [-0.39, 0.29) is 21.1 Å². The zero-order chi connectivity index (χ0) is 42.6. The second-order valence-electron chi connectivity index (χ2n) is 17.7. The molecule has 3 aromatic heterocycles. The third-order valence-corrected chi connectivity index (χ3v) is 18.5. The summed E-state index contributed by atoms with van der Waals surface area (Å²) in [6, 6.07) is 66.4. The van der Waals surface area contributed by atoms with Gasteiger partial charge in [-0.2, -0.15) is 18.2 Å². The van der Waals surface area contributed by atoms with Crippen LogP contribution >= 0.6 is 0 Å². The summed E-state index contributed by atoms with van der Waals surface area (Å²) in [6.45, 7) is 14.6. The fraction of sp³-hybridized carbons (Fsp3) is 0.111. The van der Waals surface area contributed by atoms with Gasteiger partial charge in [-0.1, -0.05) is 166 Å². The van der Waals surface area contributed by atoms with Crippen LogP contribution in [-0.4, -0.2) is 30.6 Å². The molecule has 0 spiro atoms. The Morgan fingerprint density at radius 3 is 1.86 bits per heavy atom. The number of ether oxygens (including phenoxy) is 1. The Bertz CT molecular complexity index is 3190. The molecule has 3 heterocycles. The maximum Gasteiger partial charge on any atom is 0.268 e. The molecule has 0 aliphatic carbocycles. The predicted octanol–water partition coefficient (Wildman–Crippen LogP) is 13.4. The number of fused-ring (bicyclic) bond motifs is 4. The van der Waals surface area contributed by atoms with E-state index in [1.54, 1.807) is 0 Å². The van der Waals surface area contributed by atoms with Gasteiger partial charge in [-0.05, 0) is 45.5 Å². The van der Waals surface area contributed by atoms with Crippen LogP contribution in [0.2, 0.25) is 39.3 Å². The molecule has 0 saturated heterocycles. The van der Waals surface area contributed by atoms with Crippen molar-refractivity contribution in [1.29, 1.82) is 0 Å². The summed E-state index contributed by atoms with van der Waals surface area (Å²) >= 11 is 0. The molecule has 6 nitrogen and oxygen atoms in total. The summed E-state index contributed by atoms with van der Waals surface area (Å²) in [5.41, 5.74) is 11.6. The molecule has 0 fully saturated rings. The number of aromatic nitrogens is 4. The Labute approximate surface area is 386 Å². The van der Waals surface area contributed by atoms with Crippen molar-refractivity contribution in [1.82, 2.24) is 14.1 Å². The van der Waals surface area contributed by atoms with Crippen molar-refractivity contribution >= 4 is 55.0 Å². The van der Waals surface area contributed by atoms with Crippen LogP contribution in [0.25, 0.3) is 72.3 Å². The van der Waals surface area contributed by atoms with E-state index in [0.29, 0.717) is 11.5 Å². The van der Waals surface area contributed by atoms with Gasteiger partial charge >= 0.3 is 0 Å². The summed E-state index contributed by atoms with van der Waals surface area (Å²) < 4.78 is 15.9. The Morgan fingerprint density at radius 1 is 0.571 bits per heavy atom. The van der Waals surface area contributed by atoms with E-state index in [2.05, 4.69) is 227 Å². The summed E-state index contributed by atoms with van der Waals surface area (Å²) in [7, 11) is -3.41. The molecule has 7 aromatic carbocycles. The standard InChI is InChI=1S/C54H47N5OSi2.Pt/c1-61(2,3)59(62(4,5)6)42-33-34-55-53(36-42)58-49-28-14-13-25-47(49)48-32-31-44(37-52(48)58)60-43-24-17-23-41(35-43)56-38-57(51-30-16-15-29-50(51)56)54-45(39-19-9-7-10-20-39)26-18-27-46(54)40-21-11-8-12-22-40;/h7-34,36H,1-6H3;/q-2;. The van der Waals surface area contributed by atoms with Gasteiger partial charge in [-0.3, -0.25) is 4.57 Å². The Hall–Kier alpha value is -6.32. The number of nitrogens with zero attached hydrogens (tertiary/aromatic N) is 5. The molecule has 9 heteroatoms. The first-order valence-electron chi connectivity index (χ1n) is 21.1. The molecule has 63 heavy (non-hydrogen) atoms. The summed E-state index contributed by atoms with van der Waals surface area (Å²) in [5.74, 6) is 2.04. The number of hydrogen-bond acceptors (Lipinski definition) is 3.